The highest BCUT2D eigenvalue weighted by atomic mass is 16.5. The molecule has 2 unspecified atom stereocenters. The van der Waals surface area contributed by atoms with Gasteiger partial charge in [-0.1, -0.05) is 11.6 Å². The van der Waals surface area contributed by atoms with Crippen LogP contribution in [0.15, 0.2) is 18.2 Å². The SMILES string of the molecule is COc1ccc(C)cc1C(=O)C1CCOC1C. The molecule has 1 aromatic carbocycles. The number of carbonyl (C=O) groups is 1. The fourth-order valence-electron chi connectivity index (χ4n) is 2.29. The molecule has 1 saturated heterocycles. The molecule has 92 valence electrons. The molecule has 2 atom stereocenters. The van der Waals surface area contributed by atoms with E-state index in [0.717, 1.165) is 12.0 Å². The summed E-state index contributed by atoms with van der Waals surface area (Å²) >= 11 is 0. The van der Waals surface area contributed by atoms with Gasteiger partial charge in [0.25, 0.3) is 0 Å². The Morgan fingerprint density at radius 3 is 2.82 bits per heavy atom. The molecule has 0 aliphatic carbocycles. The molecule has 1 aliphatic rings. The van der Waals surface area contributed by atoms with E-state index >= 15 is 0 Å². The molecule has 0 radical (unpaired) electrons. The van der Waals surface area contributed by atoms with Crippen molar-refractivity contribution in [2.45, 2.75) is 26.4 Å². The van der Waals surface area contributed by atoms with Crippen molar-refractivity contribution in [1.29, 1.82) is 0 Å². The van der Waals surface area contributed by atoms with Gasteiger partial charge in [-0.3, -0.25) is 4.79 Å². The van der Waals surface area contributed by atoms with Crippen LogP contribution in [0.1, 0.15) is 29.3 Å². The van der Waals surface area contributed by atoms with Crippen LogP contribution in [0.25, 0.3) is 0 Å². The maximum Gasteiger partial charge on any atom is 0.172 e. The maximum absolute atomic E-state index is 12.4. The van der Waals surface area contributed by atoms with Crippen LogP contribution in [0.5, 0.6) is 5.75 Å². The van der Waals surface area contributed by atoms with E-state index in [0.29, 0.717) is 17.9 Å². The lowest BCUT2D eigenvalue weighted by atomic mass is 9.91. The van der Waals surface area contributed by atoms with Gasteiger partial charge in [-0.25, -0.2) is 0 Å². The largest absolute Gasteiger partial charge is 0.496 e. The molecule has 2 rings (SSSR count). The highest BCUT2D eigenvalue weighted by Crippen LogP contribution is 2.29. The normalized spacial score (nSPS) is 23.7. The van der Waals surface area contributed by atoms with Gasteiger partial charge in [-0.05, 0) is 32.4 Å². The summed E-state index contributed by atoms with van der Waals surface area (Å²) in [5.74, 6) is 0.751. The fraction of sp³-hybridized carbons (Fsp3) is 0.500. The fourth-order valence-corrected chi connectivity index (χ4v) is 2.29. The predicted octanol–water partition coefficient (Wildman–Crippen LogP) is 2.61. The number of ketones is 1. The van der Waals surface area contributed by atoms with Crippen molar-refractivity contribution in [1.82, 2.24) is 0 Å². The van der Waals surface area contributed by atoms with Crippen LogP contribution < -0.4 is 4.74 Å². The van der Waals surface area contributed by atoms with Gasteiger partial charge in [0.2, 0.25) is 0 Å². The van der Waals surface area contributed by atoms with E-state index in [-0.39, 0.29) is 17.8 Å². The molecular formula is C14H18O3. The molecule has 0 spiro atoms. The van der Waals surface area contributed by atoms with Crippen molar-refractivity contribution in [2.24, 2.45) is 5.92 Å². The molecule has 0 aromatic heterocycles. The van der Waals surface area contributed by atoms with Crippen molar-refractivity contribution >= 4 is 5.78 Å². The number of methoxy groups -OCH3 is 1. The smallest absolute Gasteiger partial charge is 0.172 e. The molecule has 1 aromatic rings. The minimum Gasteiger partial charge on any atom is -0.496 e. The molecule has 0 N–H and O–H groups in total. The lowest BCUT2D eigenvalue weighted by Crippen LogP contribution is -2.22. The number of Topliss-reactive ketones (excluding diaryl/α,β-unsaturated/α-hetero) is 1. The summed E-state index contributed by atoms with van der Waals surface area (Å²) in [6.45, 7) is 4.61. The molecule has 1 heterocycles. The number of hydrogen-bond acceptors (Lipinski definition) is 3. The van der Waals surface area contributed by atoms with Crippen LogP contribution in [0.2, 0.25) is 0 Å². The van der Waals surface area contributed by atoms with Gasteiger partial charge in [-0.15, -0.1) is 0 Å². The van der Waals surface area contributed by atoms with Crippen LogP contribution in [0, 0.1) is 12.8 Å². The molecule has 0 amide bonds. The third-order valence-corrected chi connectivity index (χ3v) is 3.33. The Balaban J connectivity index is 2.32. The predicted molar refractivity (Wildman–Crippen MR) is 65.6 cm³/mol. The zero-order valence-electron chi connectivity index (χ0n) is 10.5. The maximum atomic E-state index is 12.4. The summed E-state index contributed by atoms with van der Waals surface area (Å²) < 4.78 is 10.7. The highest BCUT2D eigenvalue weighted by Gasteiger charge is 2.32. The van der Waals surface area contributed by atoms with Crippen molar-refractivity contribution < 1.29 is 14.3 Å². The first-order valence-electron chi connectivity index (χ1n) is 5.94. The third-order valence-electron chi connectivity index (χ3n) is 3.33. The molecule has 1 fully saturated rings. The lowest BCUT2D eigenvalue weighted by Gasteiger charge is -2.15. The quantitative estimate of drug-likeness (QED) is 0.754. The van der Waals surface area contributed by atoms with E-state index in [4.69, 9.17) is 9.47 Å². The molecule has 3 nitrogen and oxygen atoms in total. The number of benzene rings is 1. The van der Waals surface area contributed by atoms with Gasteiger partial charge in [0, 0.05) is 6.61 Å². The van der Waals surface area contributed by atoms with Crippen molar-refractivity contribution in [3.05, 3.63) is 29.3 Å². The Morgan fingerprint density at radius 1 is 1.47 bits per heavy atom. The Bertz CT molecular complexity index is 425. The number of hydrogen-bond donors (Lipinski definition) is 0. The van der Waals surface area contributed by atoms with Crippen molar-refractivity contribution in [3.63, 3.8) is 0 Å². The van der Waals surface area contributed by atoms with Gasteiger partial charge >= 0.3 is 0 Å². The van der Waals surface area contributed by atoms with E-state index in [1.165, 1.54) is 0 Å². The Morgan fingerprint density at radius 2 is 2.24 bits per heavy atom. The molecule has 1 aliphatic heterocycles. The van der Waals surface area contributed by atoms with Crippen LogP contribution in [-0.4, -0.2) is 25.6 Å². The second-order valence-corrected chi connectivity index (χ2v) is 4.54. The second-order valence-electron chi connectivity index (χ2n) is 4.54. The minimum absolute atomic E-state index is 0.00715. The van der Waals surface area contributed by atoms with Crippen molar-refractivity contribution in [2.75, 3.05) is 13.7 Å². The summed E-state index contributed by atoms with van der Waals surface area (Å²) in [6.07, 6.45) is 0.810. The van der Waals surface area contributed by atoms with Crippen LogP contribution >= 0.6 is 0 Å². The van der Waals surface area contributed by atoms with Crippen LogP contribution in [0.3, 0.4) is 0 Å². The molecule has 17 heavy (non-hydrogen) atoms. The van der Waals surface area contributed by atoms with Crippen LogP contribution in [0.4, 0.5) is 0 Å². The van der Waals surface area contributed by atoms with E-state index in [1.54, 1.807) is 7.11 Å². The second kappa shape index (κ2) is 4.88. The van der Waals surface area contributed by atoms with Gasteiger partial charge in [0.15, 0.2) is 5.78 Å². The number of aryl methyl sites for hydroxylation is 1. The molecule has 3 heteroatoms. The van der Waals surface area contributed by atoms with Gasteiger partial charge in [-0.2, -0.15) is 0 Å². The number of ether oxygens (including phenoxy) is 2. The average molecular weight is 234 g/mol. The summed E-state index contributed by atoms with van der Waals surface area (Å²) in [5, 5.41) is 0. The first kappa shape index (κ1) is 12.1. The minimum atomic E-state index is -0.0364. The first-order valence-corrected chi connectivity index (χ1v) is 5.94. The number of carbonyl (C=O) groups excluding carboxylic acids is 1. The number of rotatable bonds is 3. The summed E-state index contributed by atoms with van der Waals surface area (Å²) in [7, 11) is 1.59. The van der Waals surface area contributed by atoms with Crippen molar-refractivity contribution in [3.8, 4) is 5.75 Å². The zero-order valence-corrected chi connectivity index (χ0v) is 10.5. The van der Waals surface area contributed by atoms with Gasteiger partial charge in [0.1, 0.15) is 5.75 Å². The van der Waals surface area contributed by atoms with E-state index in [1.807, 2.05) is 32.0 Å². The van der Waals surface area contributed by atoms with Gasteiger partial charge < -0.3 is 9.47 Å². The molecule has 0 bridgehead atoms. The lowest BCUT2D eigenvalue weighted by molar-refractivity contribution is 0.0762. The average Bonchev–Trinajstić information content (AvgIpc) is 2.74. The topological polar surface area (TPSA) is 35.5 Å². The highest BCUT2D eigenvalue weighted by molar-refractivity contribution is 6.01. The standard InChI is InChI=1S/C14H18O3/c1-9-4-5-13(16-3)12(8-9)14(15)11-6-7-17-10(11)2/h4-5,8,10-11H,6-7H2,1-3H3. The first-order chi connectivity index (χ1) is 8.13. The van der Waals surface area contributed by atoms with E-state index < -0.39 is 0 Å². The third kappa shape index (κ3) is 2.34. The van der Waals surface area contributed by atoms with Gasteiger partial charge in [0.05, 0.1) is 24.7 Å². The van der Waals surface area contributed by atoms with Crippen LogP contribution in [-0.2, 0) is 4.74 Å². The Hall–Kier alpha value is -1.35. The Labute approximate surface area is 102 Å². The summed E-state index contributed by atoms with van der Waals surface area (Å²) in [4.78, 5) is 12.4. The summed E-state index contributed by atoms with van der Waals surface area (Å²) in [6, 6.07) is 5.69. The van der Waals surface area contributed by atoms with E-state index in [9.17, 15) is 4.79 Å². The molecule has 0 saturated carbocycles. The summed E-state index contributed by atoms with van der Waals surface area (Å²) in [5.41, 5.74) is 1.75. The zero-order chi connectivity index (χ0) is 12.4. The monoisotopic (exact) mass is 234 g/mol. The Kier molecular flexibility index (Phi) is 3.48. The van der Waals surface area contributed by atoms with E-state index in [2.05, 4.69) is 0 Å². The molecular weight excluding hydrogens is 216 g/mol.